The van der Waals surface area contributed by atoms with E-state index < -0.39 is 12.0 Å². The number of ether oxygens (including phenoxy) is 2. The van der Waals surface area contributed by atoms with Gasteiger partial charge in [0.2, 0.25) is 0 Å². The van der Waals surface area contributed by atoms with Gasteiger partial charge in [0.25, 0.3) is 11.8 Å². The molecule has 0 saturated carbocycles. The number of anilines is 1. The highest BCUT2D eigenvalue weighted by Crippen LogP contribution is 2.34. The monoisotopic (exact) mass is 371 g/mol. The molecule has 0 radical (unpaired) electrons. The van der Waals surface area contributed by atoms with Crippen molar-refractivity contribution in [2.75, 3.05) is 24.7 Å². The summed E-state index contributed by atoms with van der Waals surface area (Å²) in [6.45, 7) is 1.43. The van der Waals surface area contributed by atoms with Crippen LogP contribution in [-0.2, 0) is 14.3 Å². The van der Waals surface area contributed by atoms with Crippen LogP contribution in [0.15, 0.2) is 22.7 Å². The maximum Gasteiger partial charge on any atom is 0.426 e. The number of carbonyl (C=O) groups is 3. The number of hydrogen-bond acceptors (Lipinski definition) is 5. The van der Waals surface area contributed by atoms with Crippen LogP contribution >= 0.6 is 15.9 Å². The Morgan fingerprint density at radius 1 is 1.41 bits per heavy atom. The molecule has 0 atom stereocenters. The molecule has 0 fully saturated rings. The van der Waals surface area contributed by atoms with E-state index >= 15 is 0 Å². The van der Waals surface area contributed by atoms with Crippen molar-refractivity contribution in [1.29, 1.82) is 0 Å². The molecule has 0 aliphatic carbocycles. The molecule has 22 heavy (non-hydrogen) atoms. The standard InChI is InChI=1S/C13H14BrN3O5/c1-2-21-13(20)16-15-11(18)6-17-9-4-3-8(14)5-10(9)22-7-12(17)19/h3-5H,2,6-7H2,1H3,(H,15,18)(H,16,20). The Hall–Kier alpha value is -2.29. The molecule has 1 aromatic carbocycles. The van der Waals surface area contributed by atoms with Crippen LogP contribution in [0.4, 0.5) is 10.5 Å². The molecule has 118 valence electrons. The largest absolute Gasteiger partial charge is 0.482 e. The molecular weight excluding hydrogens is 358 g/mol. The van der Waals surface area contributed by atoms with Gasteiger partial charge in [-0.1, -0.05) is 15.9 Å². The SMILES string of the molecule is CCOC(=O)NNC(=O)CN1C(=O)COc2cc(Br)ccc21. The summed E-state index contributed by atoms with van der Waals surface area (Å²) in [5.41, 5.74) is 4.74. The van der Waals surface area contributed by atoms with Gasteiger partial charge in [-0.3, -0.25) is 19.9 Å². The minimum absolute atomic E-state index is 0.151. The highest BCUT2D eigenvalue weighted by atomic mass is 79.9. The minimum atomic E-state index is -0.770. The summed E-state index contributed by atoms with van der Waals surface area (Å²) in [5.74, 6) is -0.404. The van der Waals surface area contributed by atoms with Crippen LogP contribution in [0.3, 0.4) is 0 Å². The lowest BCUT2D eigenvalue weighted by Crippen LogP contribution is -2.49. The molecule has 2 N–H and O–H groups in total. The van der Waals surface area contributed by atoms with E-state index in [4.69, 9.17) is 4.74 Å². The third kappa shape index (κ3) is 3.88. The summed E-state index contributed by atoms with van der Waals surface area (Å²) < 4.78 is 10.7. The van der Waals surface area contributed by atoms with Gasteiger partial charge >= 0.3 is 6.09 Å². The van der Waals surface area contributed by atoms with Gasteiger partial charge in [-0.15, -0.1) is 0 Å². The maximum atomic E-state index is 11.9. The first-order valence-corrected chi connectivity index (χ1v) is 7.25. The second-order valence-corrected chi connectivity index (χ2v) is 5.19. The van der Waals surface area contributed by atoms with E-state index in [-0.39, 0.29) is 25.7 Å². The van der Waals surface area contributed by atoms with E-state index in [1.807, 2.05) is 0 Å². The van der Waals surface area contributed by atoms with Crippen LogP contribution in [-0.4, -0.2) is 37.7 Å². The van der Waals surface area contributed by atoms with Gasteiger partial charge in [0, 0.05) is 4.47 Å². The van der Waals surface area contributed by atoms with E-state index in [9.17, 15) is 14.4 Å². The zero-order chi connectivity index (χ0) is 16.1. The van der Waals surface area contributed by atoms with E-state index in [1.54, 1.807) is 25.1 Å². The first-order valence-electron chi connectivity index (χ1n) is 6.45. The lowest BCUT2D eigenvalue weighted by molar-refractivity contribution is -0.125. The third-order valence-corrected chi connectivity index (χ3v) is 3.24. The minimum Gasteiger partial charge on any atom is -0.482 e. The molecule has 1 aliphatic heterocycles. The smallest absolute Gasteiger partial charge is 0.426 e. The number of amides is 3. The van der Waals surface area contributed by atoms with Gasteiger partial charge in [0.15, 0.2) is 6.61 Å². The Kier molecular flexibility index (Phi) is 5.21. The molecule has 1 aliphatic rings. The third-order valence-electron chi connectivity index (χ3n) is 2.75. The van der Waals surface area contributed by atoms with Crippen LogP contribution in [0, 0.1) is 0 Å². The highest BCUT2D eigenvalue weighted by Gasteiger charge is 2.27. The fourth-order valence-corrected chi connectivity index (χ4v) is 2.16. The summed E-state index contributed by atoms with van der Waals surface area (Å²) in [5, 5.41) is 0. The normalized spacial score (nSPS) is 13.0. The topological polar surface area (TPSA) is 97.0 Å². The van der Waals surface area contributed by atoms with E-state index in [1.165, 1.54) is 4.90 Å². The Labute approximate surface area is 134 Å². The fourth-order valence-electron chi connectivity index (χ4n) is 1.82. The number of carbonyl (C=O) groups excluding carboxylic acids is 3. The average Bonchev–Trinajstić information content (AvgIpc) is 2.48. The number of nitrogens with zero attached hydrogens (tertiary/aromatic N) is 1. The molecule has 9 heteroatoms. The molecule has 0 unspecified atom stereocenters. The van der Waals surface area contributed by atoms with Crippen molar-refractivity contribution >= 4 is 39.5 Å². The van der Waals surface area contributed by atoms with Gasteiger partial charge < -0.3 is 9.47 Å². The molecule has 0 aromatic heterocycles. The van der Waals surface area contributed by atoms with Crippen molar-refractivity contribution in [2.45, 2.75) is 6.92 Å². The number of nitrogens with one attached hydrogen (secondary N) is 2. The number of hydrazine groups is 1. The Bertz CT molecular complexity index is 607. The first-order chi connectivity index (χ1) is 10.5. The van der Waals surface area contributed by atoms with Gasteiger partial charge in [-0.25, -0.2) is 10.2 Å². The number of hydrogen-bond donors (Lipinski definition) is 2. The maximum absolute atomic E-state index is 11.9. The summed E-state index contributed by atoms with van der Waals surface area (Å²) in [6.07, 6.45) is -0.770. The van der Waals surface area contributed by atoms with Crippen LogP contribution in [0.5, 0.6) is 5.75 Å². The molecule has 0 bridgehead atoms. The van der Waals surface area contributed by atoms with Crippen molar-refractivity contribution in [2.24, 2.45) is 0 Å². The molecule has 0 spiro atoms. The quantitative estimate of drug-likeness (QED) is 0.771. The number of fused-ring (bicyclic) bond motifs is 1. The van der Waals surface area contributed by atoms with Gasteiger partial charge in [0.05, 0.1) is 12.3 Å². The average molecular weight is 372 g/mol. The molecule has 1 heterocycles. The Balaban J connectivity index is 2.01. The molecule has 2 rings (SSSR count). The van der Waals surface area contributed by atoms with Crippen molar-refractivity contribution in [3.8, 4) is 5.75 Å². The van der Waals surface area contributed by atoms with E-state index in [0.717, 1.165) is 4.47 Å². The summed E-state index contributed by atoms with van der Waals surface area (Å²) in [6, 6.07) is 5.12. The highest BCUT2D eigenvalue weighted by molar-refractivity contribution is 9.10. The predicted molar refractivity (Wildman–Crippen MR) is 80.3 cm³/mol. The molecule has 0 saturated heterocycles. The molecular formula is C13H14BrN3O5. The lowest BCUT2D eigenvalue weighted by atomic mass is 10.2. The van der Waals surface area contributed by atoms with Crippen LogP contribution < -0.4 is 20.5 Å². The summed E-state index contributed by atoms with van der Waals surface area (Å²) >= 11 is 3.31. The van der Waals surface area contributed by atoms with Gasteiger partial charge in [0.1, 0.15) is 12.3 Å². The predicted octanol–water partition coefficient (Wildman–Crippen LogP) is 0.952. The Morgan fingerprint density at radius 2 is 2.18 bits per heavy atom. The summed E-state index contributed by atoms with van der Waals surface area (Å²) in [4.78, 5) is 36.1. The second-order valence-electron chi connectivity index (χ2n) is 4.27. The van der Waals surface area contributed by atoms with Gasteiger partial charge in [-0.05, 0) is 25.1 Å². The van der Waals surface area contributed by atoms with Crippen LogP contribution in [0.25, 0.3) is 0 Å². The number of rotatable bonds is 3. The Morgan fingerprint density at radius 3 is 2.91 bits per heavy atom. The van der Waals surface area contributed by atoms with Crippen LogP contribution in [0.2, 0.25) is 0 Å². The number of benzene rings is 1. The molecule has 8 nitrogen and oxygen atoms in total. The summed E-state index contributed by atoms with van der Waals surface area (Å²) in [7, 11) is 0. The molecule has 3 amide bonds. The number of halogens is 1. The first kappa shape index (κ1) is 16.1. The van der Waals surface area contributed by atoms with E-state index in [2.05, 4.69) is 31.5 Å². The zero-order valence-corrected chi connectivity index (χ0v) is 13.3. The van der Waals surface area contributed by atoms with Crippen molar-refractivity contribution in [3.05, 3.63) is 22.7 Å². The van der Waals surface area contributed by atoms with Crippen molar-refractivity contribution < 1.29 is 23.9 Å². The molecule has 1 aromatic rings. The van der Waals surface area contributed by atoms with Crippen LogP contribution in [0.1, 0.15) is 6.92 Å². The van der Waals surface area contributed by atoms with Crippen molar-refractivity contribution in [3.63, 3.8) is 0 Å². The van der Waals surface area contributed by atoms with Gasteiger partial charge in [-0.2, -0.15) is 0 Å². The van der Waals surface area contributed by atoms with Crippen molar-refractivity contribution in [1.82, 2.24) is 10.9 Å². The van der Waals surface area contributed by atoms with E-state index in [0.29, 0.717) is 11.4 Å². The zero-order valence-electron chi connectivity index (χ0n) is 11.7. The lowest BCUT2D eigenvalue weighted by Gasteiger charge is -2.28. The second kappa shape index (κ2) is 7.12. The fraction of sp³-hybridized carbons (Fsp3) is 0.308.